The molecule has 0 saturated heterocycles. The molecule has 0 aliphatic heterocycles. The third-order valence-electron chi connectivity index (χ3n) is 0. The smallest absolute Gasteiger partial charge is 1.00 e. The van der Waals surface area contributed by atoms with Crippen molar-refractivity contribution in [3.8, 4) is 0 Å². The fourth-order valence-electron chi connectivity index (χ4n) is 0. The second kappa shape index (κ2) is 20.0. The first-order chi connectivity index (χ1) is 0. The Morgan fingerprint density at radius 1 is 1.00 bits per heavy atom. The van der Waals surface area contributed by atoms with Crippen LogP contribution in [0.5, 0.6) is 0 Å². The van der Waals surface area contributed by atoms with Gasteiger partial charge in [-0.2, -0.15) is 0 Å². The Morgan fingerprint density at radius 2 is 1.00 bits per heavy atom. The molecular formula is H8Al2FNa. The molecule has 0 fully saturated rings. The van der Waals surface area contributed by atoms with Crippen molar-refractivity contribution in [1.29, 1.82) is 0 Å². The minimum atomic E-state index is 0. The maximum Gasteiger partial charge on any atom is 1.00 e. The summed E-state index contributed by atoms with van der Waals surface area (Å²) in [7, 11) is 0. The van der Waals surface area contributed by atoms with Crippen LogP contribution >= 0.6 is 0 Å². The summed E-state index contributed by atoms with van der Waals surface area (Å²) in [4.78, 5) is 0. The molecule has 0 bridgehead atoms. The summed E-state index contributed by atoms with van der Waals surface area (Å²) in [5, 5.41) is 0. The molecule has 4 heteroatoms. The molecule has 0 aromatic heterocycles. The summed E-state index contributed by atoms with van der Waals surface area (Å²) in [6.07, 6.45) is 0. The van der Waals surface area contributed by atoms with Crippen LogP contribution in [0, 0.1) is 0 Å². The van der Waals surface area contributed by atoms with E-state index in [0.29, 0.717) is 0 Å². The normalized spacial score (nSPS) is 0. The van der Waals surface area contributed by atoms with Gasteiger partial charge >= 0.3 is 29.6 Å². The second-order valence-corrected chi connectivity index (χ2v) is 0. The molecule has 4 heavy (non-hydrogen) atoms. The first-order valence-corrected chi connectivity index (χ1v) is 0. The van der Waals surface area contributed by atoms with Gasteiger partial charge in [-0.15, -0.1) is 0 Å². The van der Waals surface area contributed by atoms with Crippen LogP contribution in [0.4, 0.5) is 4.70 Å². The van der Waals surface area contributed by atoms with E-state index >= 15 is 0 Å². The molecule has 0 aromatic carbocycles. The number of rotatable bonds is 0. The monoisotopic (exact) mass is 104 g/mol. The van der Waals surface area contributed by atoms with Crippen molar-refractivity contribution >= 4 is 34.7 Å². The summed E-state index contributed by atoms with van der Waals surface area (Å²) in [5.74, 6) is 0. The Hall–Kier alpha value is 1.99. The van der Waals surface area contributed by atoms with Crippen LogP contribution < -0.4 is 29.6 Å². The molecule has 0 unspecified atom stereocenters. The molecule has 0 aliphatic rings. The molecule has 0 rings (SSSR count). The van der Waals surface area contributed by atoms with Gasteiger partial charge in [0.25, 0.3) is 0 Å². The topological polar surface area (TPSA) is 0 Å². The molecule has 22 valence electrons. The third-order valence-corrected chi connectivity index (χ3v) is 0. The second-order valence-electron chi connectivity index (χ2n) is 0. The van der Waals surface area contributed by atoms with Gasteiger partial charge in [0.2, 0.25) is 0 Å². The predicted molar refractivity (Wildman–Crippen MR) is 23.5 cm³/mol. The molecule has 0 aliphatic carbocycles. The number of hydrogen-bond donors (Lipinski definition) is 0. The van der Waals surface area contributed by atoms with Crippen molar-refractivity contribution in [2.75, 3.05) is 0 Å². The van der Waals surface area contributed by atoms with Crippen molar-refractivity contribution in [3.05, 3.63) is 0 Å². The average Bonchev–Trinajstić information content (AvgIpc) is 0. The minimum Gasteiger partial charge on any atom is -1.00 e. The van der Waals surface area contributed by atoms with Crippen LogP contribution in [0.15, 0.2) is 0 Å². The summed E-state index contributed by atoms with van der Waals surface area (Å²) in [6, 6.07) is 0. The van der Waals surface area contributed by atoms with Crippen LogP contribution in [-0.4, -0.2) is 34.7 Å². The van der Waals surface area contributed by atoms with Crippen molar-refractivity contribution in [2.45, 2.75) is 0 Å². The van der Waals surface area contributed by atoms with Gasteiger partial charge in [-0.1, -0.05) is 0 Å². The number of halogens is 1. The zero-order valence-corrected chi connectivity index (χ0v) is 3.41. The van der Waals surface area contributed by atoms with Gasteiger partial charge in [0.05, 0.1) is 0 Å². The molecule has 0 amide bonds. The van der Waals surface area contributed by atoms with E-state index in [1.165, 1.54) is 0 Å². The largest absolute Gasteiger partial charge is 1.00 e. The molecule has 0 saturated carbocycles. The Labute approximate surface area is 69.7 Å². The van der Waals surface area contributed by atoms with E-state index in [4.69, 9.17) is 0 Å². The van der Waals surface area contributed by atoms with Gasteiger partial charge in [-0.05, 0) is 0 Å². The van der Waals surface area contributed by atoms with Gasteiger partial charge in [0.15, 0.2) is 34.7 Å². The molecular weight excluding hydrogens is 96.0 g/mol. The van der Waals surface area contributed by atoms with Gasteiger partial charge in [-0.25, -0.2) is 0 Å². The van der Waals surface area contributed by atoms with Gasteiger partial charge < -0.3 is 1.43 Å². The fourth-order valence-corrected chi connectivity index (χ4v) is 0. The molecule has 0 N–H and O–H groups in total. The average molecular weight is 104 g/mol. The molecule has 0 heterocycles. The quantitative estimate of drug-likeness (QED) is 0.270. The maximum absolute atomic E-state index is 0. The minimum absolute atomic E-state index is 0. The zero-order valence-electron chi connectivity index (χ0n) is 2.41. The van der Waals surface area contributed by atoms with Crippen molar-refractivity contribution in [3.63, 3.8) is 0 Å². The predicted octanol–water partition coefficient (Wildman–Crippen LogP) is -5.10. The number of hydrogen-bond acceptors (Lipinski definition) is 0. The molecule has 0 spiro atoms. The Morgan fingerprint density at radius 3 is 1.00 bits per heavy atom. The van der Waals surface area contributed by atoms with E-state index in [1.54, 1.807) is 0 Å². The fraction of sp³-hybridized carbons (Fsp3) is 0. The zero-order chi connectivity index (χ0) is 0. The van der Waals surface area contributed by atoms with Crippen molar-refractivity contribution in [2.24, 2.45) is 0 Å². The van der Waals surface area contributed by atoms with Crippen LogP contribution in [0.25, 0.3) is 0 Å². The van der Waals surface area contributed by atoms with Gasteiger partial charge in [0, 0.05) is 0 Å². The van der Waals surface area contributed by atoms with E-state index in [0.717, 1.165) is 0 Å². The van der Waals surface area contributed by atoms with Gasteiger partial charge in [0.1, 0.15) is 0 Å². The summed E-state index contributed by atoms with van der Waals surface area (Å²) < 4.78 is 0. The summed E-state index contributed by atoms with van der Waals surface area (Å²) in [5.41, 5.74) is 0. The summed E-state index contributed by atoms with van der Waals surface area (Å²) in [6.45, 7) is 0. The SMILES string of the molecule is F.[AlH3].[AlH3].[H-].[Na+]. The first-order valence-electron chi connectivity index (χ1n) is 0. The van der Waals surface area contributed by atoms with Crippen LogP contribution in [0.3, 0.4) is 0 Å². The van der Waals surface area contributed by atoms with Crippen LogP contribution in [0.1, 0.15) is 1.43 Å². The maximum atomic E-state index is 0. The van der Waals surface area contributed by atoms with E-state index in [-0.39, 0.29) is 70.4 Å². The molecule has 0 atom stereocenters. The van der Waals surface area contributed by atoms with E-state index < -0.39 is 0 Å². The molecule has 0 radical (unpaired) electrons. The van der Waals surface area contributed by atoms with Gasteiger partial charge in [-0.3, -0.25) is 4.70 Å². The standard InChI is InChI=1S/2Al.FH.Na.7H/h;;1H;;;;;;;;/q;;;+1;;;;;;;-1. The molecule has 0 aromatic rings. The van der Waals surface area contributed by atoms with Crippen LogP contribution in [-0.2, 0) is 0 Å². The van der Waals surface area contributed by atoms with Crippen LogP contribution in [0.2, 0.25) is 0 Å². The van der Waals surface area contributed by atoms with E-state index in [9.17, 15) is 0 Å². The summed E-state index contributed by atoms with van der Waals surface area (Å²) >= 11 is 0. The van der Waals surface area contributed by atoms with Crippen molar-refractivity contribution in [1.82, 2.24) is 0 Å². The first kappa shape index (κ1) is 37.6. The molecule has 0 nitrogen and oxygen atoms in total. The Kier molecular flexibility index (Phi) is 188. The van der Waals surface area contributed by atoms with Crippen molar-refractivity contribution < 1.29 is 35.7 Å². The Bertz CT molecular complexity index is 9.61. The van der Waals surface area contributed by atoms with E-state index in [1.807, 2.05) is 0 Å². The third kappa shape index (κ3) is 9.00. The Balaban J connectivity index is 0. The van der Waals surface area contributed by atoms with E-state index in [2.05, 4.69) is 0 Å².